The van der Waals surface area contributed by atoms with Gasteiger partial charge in [-0.15, -0.1) is 0 Å². The molecule has 1 unspecified atom stereocenters. The molecule has 0 amide bonds. The summed E-state index contributed by atoms with van der Waals surface area (Å²) in [5, 5.41) is 0. The van der Waals surface area contributed by atoms with Crippen LogP contribution in [0.3, 0.4) is 0 Å². The van der Waals surface area contributed by atoms with Gasteiger partial charge in [-0.1, -0.05) is 0 Å². The van der Waals surface area contributed by atoms with Crippen molar-refractivity contribution >= 4 is 10.1 Å². The van der Waals surface area contributed by atoms with E-state index in [0.29, 0.717) is 0 Å². The van der Waals surface area contributed by atoms with Crippen molar-refractivity contribution in [1.29, 1.82) is 0 Å². The van der Waals surface area contributed by atoms with Crippen molar-refractivity contribution in [3.8, 4) is 0 Å². The van der Waals surface area contributed by atoms with Gasteiger partial charge in [0, 0.05) is 0 Å². The lowest BCUT2D eigenvalue weighted by atomic mass is 10.4. The van der Waals surface area contributed by atoms with E-state index in [1.54, 1.807) is 0 Å². The molecular formula is C6H10F2O4S. The van der Waals surface area contributed by atoms with Crippen LogP contribution in [0.15, 0.2) is 11.7 Å². The van der Waals surface area contributed by atoms with Gasteiger partial charge in [-0.2, -0.15) is 17.2 Å². The molecule has 1 heterocycles. The second-order valence-electron chi connectivity index (χ2n) is 2.54. The second-order valence-corrected chi connectivity index (χ2v) is 4.09. The first-order valence-corrected chi connectivity index (χ1v) is 4.82. The maximum Gasteiger partial charge on any atom is 0.294 e. The summed E-state index contributed by atoms with van der Waals surface area (Å²) in [6, 6.07) is 0. The summed E-state index contributed by atoms with van der Waals surface area (Å²) in [5.41, 5.74) is -0.831. The van der Waals surface area contributed by atoms with Crippen molar-refractivity contribution in [2.24, 2.45) is 0 Å². The standard InChI is InChI=1S/C4H6F2.C2H4O4S/c1-3(2)4(5)6;3-7(4,5)2-1-6-2/h1-2H3;2H,1H2,(H,3,4,5). The Morgan fingerprint density at radius 1 is 1.46 bits per heavy atom. The van der Waals surface area contributed by atoms with E-state index in [4.69, 9.17) is 4.55 Å². The van der Waals surface area contributed by atoms with E-state index in [9.17, 15) is 17.2 Å². The molecule has 0 aromatic heterocycles. The van der Waals surface area contributed by atoms with Crippen LogP contribution >= 0.6 is 0 Å². The molecule has 0 aromatic rings. The molecule has 1 atom stereocenters. The quantitative estimate of drug-likeness (QED) is 0.531. The molecule has 1 fully saturated rings. The first-order valence-electron chi connectivity index (χ1n) is 3.31. The average molecular weight is 216 g/mol. The molecular weight excluding hydrogens is 206 g/mol. The number of rotatable bonds is 1. The van der Waals surface area contributed by atoms with Gasteiger partial charge in [0.1, 0.15) is 0 Å². The number of ether oxygens (including phenoxy) is 1. The Labute approximate surface area is 74.9 Å². The summed E-state index contributed by atoms with van der Waals surface area (Å²) < 4.78 is 54.0. The van der Waals surface area contributed by atoms with Gasteiger partial charge >= 0.3 is 0 Å². The minimum atomic E-state index is -3.85. The van der Waals surface area contributed by atoms with Crippen LogP contribution in [-0.2, 0) is 14.9 Å². The first kappa shape index (κ1) is 12.5. The molecule has 0 radical (unpaired) electrons. The number of epoxide rings is 1. The lowest BCUT2D eigenvalue weighted by Crippen LogP contribution is -2.04. The van der Waals surface area contributed by atoms with Gasteiger partial charge in [0.05, 0.1) is 6.61 Å². The number of allylic oxidation sites excluding steroid dienone is 1. The van der Waals surface area contributed by atoms with Crippen molar-refractivity contribution in [3.63, 3.8) is 0 Å². The van der Waals surface area contributed by atoms with E-state index >= 15 is 0 Å². The Hall–Kier alpha value is -0.530. The van der Waals surface area contributed by atoms with E-state index in [1.165, 1.54) is 13.8 Å². The zero-order valence-corrected chi connectivity index (χ0v) is 7.94. The van der Waals surface area contributed by atoms with Crippen LogP contribution in [0.5, 0.6) is 0 Å². The molecule has 1 N–H and O–H groups in total. The number of halogens is 2. The third-order valence-electron chi connectivity index (χ3n) is 1.01. The zero-order chi connectivity index (χ0) is 10.6. The van der Waals surface area contributed by atoms with Crippen LogP contribution < -0.4 is 0 Å². The lowest BCUT2D eigenvalue weighted by molar-refractivity contribution is 0.411. The van der Waals surface area contributed by atoms with Crippen LogP contribution in [-0.4, -0.2) is 25.0 Å². The smallest absolute Gasteiger partial charge is 0.294 e. The molecule has 0 bridgehead atoms. The van der Waals surface area contributed by atoms with E-state index in [2.05, 4.69) is 4.74 Å². The van der Waals surface area contributed by atoms with E-state index in [0.717, 1.165) is 0 Å². The highest BCUT2D eigenvalue weighted by atomic mass is 32.2. The SMILES string of the molecule is CC(C)=C(F)F.O=S(=O)(O)C1CO1. The minimum absolute atomic E-state index is 0.0926. The van der Waals surface area contributed by atoms with Crippen molar-refractivity contribution in [2.45, 2.75) is 19.3 Å². The summed E-state index contributed by atoms with van der Waals surface area (Å²) in [7, 11) is -3.85. The van der Waals surface area contributed by atoms with Crippen LogP contribution in [0, 0.1) is 0 Å². The summed E-state index contributed by atoms with van der Waals surface area (Å²) >= 11 is 0. The van der Waals surface area contributed by atoms with E-state index in [-0.39, 0.29) is 12.2 Å². The fourth-order valence-corrected chi connectivity index (χ4v) is 0.634. The molecule has 1 saturated heterocycles. The third kappa shape index (κ3) is 6.62. The molecule has 4 nitrogen and oxygen atoms in total. The second kappa shape index (κ2) is 4.64. The van der Waals surface area contributed by atoms with E-state index < -0.39 is 21.6 Å². The average Bonchev–Trinajstić information content (AvgIpc) is 2.65. The Morgan fingerprint density at radius 2 is 1.77 bits per heavy atom. The van der Waals surface area contributed by atoms with Crippen molar-refractivity contribution in [3.05, 3.63) is 11.7 Å². The summed E-state index contributed by atoms with van der Waals surface area (Å²) in [6.45, 7) is 2.88. The van der Waals surface area contributed by atoms with Crippen LogP contribution in [0.2, 0.25) is 0 Å². The van der Waals surface area contributed by atoms with Gasteiger partial charge in [0.25, 0.3) is 16.2 Å². The van der Waals surface area contributed by atoms with Gasteiger partial charge in [-0.3, -0.25) is 4.55 Å². The van der Waals surface area contributed by atoms with E-state index in [1.807, 2.05) is 0 Å². The van der Waals surface area contributed by atoms with Crippen molar-refractivity contribution in [1.82, 2.24) is 0 Å². The molecule has 7 heteroatoms. The predicted molar refractivity (Wildman–Crippen MR) is 41.9 cm³/mol. The summed E-state index contributed by atoms with van der Waals surface area (Å²) in [6.07, 6.45) is -1.57. The maximum absolute atomic E-state index is 11.0. The van der Waals surface area contributed by atoms with Crippen molar-refractivity contribution < 1.29 is 26.5 Å². The molecule has 78 valence electrons. The van der Waals surface area contributed by atoms with Crippen LogP contribution in [0.25, 0.3) is 0 Å². The van der Waals surface area contributed by atoms with Crippen LogP contribution in [0.1, 0.15) is 13.8 Å². The Kier molecular flexibility index (Phi) is 4.45. The number of hydrogen-bond donors (Lipinski definition) is 1. The van der Waals surface area contributed by atoms with Gasteiger partial charge in [0.2, 0.25) is 5.44 Å². The van der Waals surface area contributed by atoms with Gasteiger partial charge in [-0.25, -0.2) is 0 Å². The number of hydrogen-bond acceptors (Lipinski definition) is 3. The molecule has 0 aromatic carbocycles. The molecule has 1 aliphatic rings. The molecule has 13 heavy (non-hydrogen) atoms. The molecule has 0 saturated carbocycles. The lowest BCUT2D eigenvalue weighted by Gasteiger charge is -1.80. The largest absolute Gasteiger partial charge is 0.354 e. The fraction of sp³-hybridized carbons (Fsp3) is 0.667. The monoisotopic (exact) mass is 216 g/mol. The Balaban J connectivity index is 0.000000226. The molecule has 0 spiro atoms. The van der Waals surface area contributed by atoms with Gasteiger partial charge in [0.15, 0.2) is 0 Å². The molecule has 1 rings (SSSR count). The zero-order valence-electron chi connectivity index (χ0n) is 7.12. The third-order valence-corrected chi connectivity index (χ3v) is 1.95. The van der Waals surface area contributed by atoms with Gasteiger partial charge in [-0.05, 0) is 19.4 Å². The Morgan fingerprint density at radius 3 is 1.77 bits per heavy atom. The van der Waals surface area contributed by atoms with Crippen molar-refractivity contribution in [2.75, 3.05) is 6.61 Å². The molecule has 1 aliphatic heterocycles. The highest BCUT2D eigenvalue weighted by Crippen LogP contribution is 2.14. The highest BCUT2D eigenvalue weighted by Gasteiger charge is 2.35. The fourth-order valence-electron chi connectivity index (χ4n) is 0.211. The highest BCUT2D eigenvalue weighted by molar-refractivity contribution is 7.86. The maximum atomic E-state index is 11.0. The van der Waals surface area contributed by atoms with Gasteiger partial charge < -0.3 is 4.74 Å². The predicted octanol–water partition coefficient (Wildman–Crippen LogP) is 1.41. The minimum Gasteiger partial charge on any atom is -0.354 e. The normalized spacial score (nSPS) is 19.9. The first-order chi connectivity index (χ1) is 5.75. The topological polar surface area (TPSA) is 66.9 Å². The summed E-state index contributed by atoms with van der Waals surface area (Å²) in [5.74, 6) is 0. The van der Waals surface area contributed by atoms with Crippen LogP contribution in [0.4, 0.5) is 8.78 Å². The molecule has 0 aliphatic carbocycles. The summed E-state index contributed by atoms with van der Waals surface area (Å²) in [4.78, 5) is 0. The Bertz CT molecular complexity index is 274.